The first-order chi connectivity index (χ1) is 9.69. The summed E-state index contributed by atoms with van der Waals surface area (Å²) < 4.78 is 6.21. The highest BCUT2D eigenvalue weighted by atomic mass is 35.5. The Morgan fingerprint density at radius 1 is 1.35 bits per heavy atom. The van der Waals surface area contributed by atoms with Crippen molar-refractivity contribution in [2.45, 2.75) is 52.1 Å². The van der Waals surface area contributed by atoms with Gasteiger partial charge in [0.15, 0.2) is 0 Å². The molecule has 1 fully saturated rings. The van der Waals surface area contributed by atoms with Crippen LogP contribution in [-0.4, -0.2) is 12.0 Å². The van der Waals surface area contributed by atoms with Crippen molar-refractivity contribution in [3.05, 3.63) is 29.3 Å². The highest BCUT2D eigenvalue weighted by Crippen LogP contribution is 2.29. The zero-order valence-electron chi connectivity index (χ0n) is 12.4. The van der Waals surface area contributed by atoms with Gasteiger partial charge in [0.1, 0.15) is 5.75 Å². The first kappa shape index (κ1) is 15.3. The quantitative estimate of drug-likeness (QED) is 0.566. The molecule has 0 N–H and O–H groups in total. The molecule has 0 aliphatic heterocycles. The molecule has 2 atom stereocenters. The van der Waals surface area contributed by atoms with Crippen molar-refractivity contribution in [3.8, 4) is 17.6 Å². The van der Waals surface area contributed by atoms with Crippen molar-refractivity contribution in [3.63, 3.8) is 0 Å². The molecule has 1 aromatic carbocycles. The monoisotopic (exact) mass is 290 g/mol. The highest BCUT2D eigenvalue weighted by Gasteiger charge is 2.20. The third kappa shape index (κ3) is 4.46. The van der Waals surface area contributed by atoms with E-state index in [0.717, 1.165) is 36.5 Å². The van der Waals surface area contributed by atoms with E-state index in [1.165, 1.54) is 18.4 Å². The van der Waals surface area contributed by atoms with Crippen LogP contribution in [0.2, 0.25) is 0 Å². The van der Waals surface area contributed by atoms with Crippen LogP contribution >= 0.6 is 11.6 Å². The minimum absolute atomic E-state index is 0.343. The molecule has 1 aromatic rings. The van der Waals surface area contributed by atoms with E-state index in [1.807, 2.05) is 0 Å². The van der Waals surface area contributed by atoms with Crippen molar-refractivity contribution in [1.29, 1.82) is 0 Å². The summed E-state index contributed by atoms with van der Waals surface area (Å²) in [5.41, 5.74) is 2.21. The molecule has 0 amide bonds. The van der Waals surface area contributed by atoms with Gasteiger partial charge < -0.3 is 4.74 Å². The molecule has 2 heteroatoms. The SMILES string of the molecule is Cc1ccc(OC2CCCC(C)C2)c(C#CCCCl)c1. The Bertz CT molecular complexity index is 498. The summed E-state index contributed by atoms with van der Waals surface area (Å²) in [7, 11) is 0. The number of aryl methyl sites for hydroxylation is 1. The van der Waals surface area contributed by atoms with E-state index in [9.17, 15) is 0 Å². The minimum atomic E-state index is 0.343. The van der Waals surface area contributed by atoms with Crippen LogP contribution in [0.15, 0.2) is 18.2 Å². The Morgan fingerprint density at radius 3 is 2.95 bits per heavy atom. The fourth-order valence-corrected chi connectivity index (χ4v) is 2.81. The van der Waals surface area contributed by atoms with Crippen LogP contribution in [0.4, 0.5) is 0 Å². The lowest BCUT2D eigenvalue weighted by atomic mass is 9.88. The minimum Gasteiger partial charge on any atom is -0.489 e. The highest BCUT2D eigenvalue weighted by molar-refractivity contribution is 6.18. The molecule has 0 bridgehead atoms. The lowest BCUT2D eigenvalue weighted by molar-refractivity contribution is 0.129. The van der Waals surface area contributed by atoms with Gasteiger partial charge in [-0.15, -0.1) is 11.6 Å². The number of alkyl halides is 1. The van der Waals surface area contributed by atoms with Gasteiger partial charge in [-0.2, -0.15) is 0 Å². The zero-order valence-corrected chi connectivity index (χ0v) is 13.2. The summed E-state index contributed by atoms with van der Waals surface area (Å²) in [4.78, 5) is 0. The van der Waals surface area contributed by atoms with Gasteiger partial charge in [-0.3, -0.25) is 0 Å². The largest absolute Gasteiger partial charge is 0.489 e. The van der Waals surface area contributed by atoms with Crippen LogP contribution in [0.1, 0.15) is 50.2 Å². The van der Waals surface area contributed by atoms with Crippen LogP contribution in [0.3, 0.4) is 0 Å². The van der Waals surface area contributed by atoms with Crippen molar-refractivity contribution in [1.82, 2.24) is 0 Å². The topological polar surface area (TPSA) is 9.23 Å². The van der Waals surface area contributed by atoms with Gasteiger partial charge in [0.25, 0.3) is 0 Å². The van der Waals surface area contributed by atoms with Gasteiger partial charge in [-0.05, 0) is 49.8 Å². The maximum absolute atomic E-state index is 6.21. The number of ether oxygens (including phenoxy) is 1. The van der Waals surface area contributed by atoms with Crippen molar-refractivity contribution >= 4 is 11.6 Å². The lowest BCUT2D eigenvalue weighted by Crippen LogP contribution is -2.24. The number of hydrogen-bond donors (Lipinski definition) is 0. The average Bonchev–Trinajstić information content (AvgIpc) is 2.42. The molecule has 1 aliphatic carbocycles. The predicted octanol–water partition coefficient (Wildman–Crippen LogP) is 4.93. The smallest absolute Gasteiger partial charge is 0.135 e. The third-order valence-corrected chi connectivity index (χ3v) is 3.95. The van der Waals surface area contributed by atoms with E-state index in [2.05, 4.69) is 43.9 Å². The maximum atomic E-state index is 6.21. The van der Waals surface area contributed by atoms with Crippen LogP contribution < -0.4 is 4.74 Å². The molecule has 2 unspecified atom stereocenters. The Hall–Kier alpha value is -1.13. The second-order valence-electron chi connectivity index (χ2n) is 5.75. The summed E-state index contributed by atoms with van der Waals surface area (Å²) in [5.74, 6) is 8.57. The van der Waals surface area contributed by atoms with E-state index in [4.69, 9.17) is 16.3 Å². The molecular formula is C18H23ClO. The van der Waals surface area contributed by atoms with Crippen molar-refractivity contribution in [2.24, 2.45) is 5.92 Å². The predicted molar refractivity (Wildman–Crippen MR) is 85.4 cm³/mol. The number of benzene rings is 1. The second kappa shape index (κ2) is 7.60. The standard InChI is InChI=1S/C18H23ClO/c1-14-6-5-8-17(13-14)20-18-10-9-15(2)12-16(18)7-3-4-11-19/h9-10,12,14,17H,4-6,8,11,13H2,1-2H3. The van der Waals surface area contributed by atoms with Crippen molar-refractivity contribution in [2.75, 3.05) is 5.88 Å². The molecule has 2 rings (SSSR count). The van der Waals surface area contributed by atoms with E-state index < -0.39 is 0 Å². The Labute approximate surface area is 127 Å². The molecule has 0 heterocycles. The second-order valence-corrected chi connectivity index (χ2v) is 6.13. The molecule has 1 nitrogen and oxygen atoms in total. The number of hydrogen-bond acceptors (Lipinski definition) is 1. The van der Waals surface area contributed by atoms with Crippen LogP contribution in [-0.2, 0) is 0 Å². The van der Waals surface area contributed by atoms with E-state index >= 15 is 0 Å². The summed E-state index contributed by atoms with van der Waals surface area (Å²) in [6.07, 6.45) is 5.97. The van der Waals surface area contributed by atoms with Gasteiger partial charge in [-0.1, -0.05) is 31.3 Å². The molecule has 108 valence electrons. The molecule has 1 saturated carbocycles. The molecule has 20 heavy (non-hydrogen) atoms. The molecule has 1 aliphatic rings. The van der Waals surface area contributed by atoms with Gasteiger partial charge in [0.05, 0.1) is 11.7 Å². The maximum Gasteiger partial charge on any atom is 0.135 e. The van der Waals surface area contributed by atoms with Crippen LogP contribution in [0.25, 0.3) is 0 Å². The molecule has 0 saturated heterocycles. The summed E-state index contributed by atoms with van der Waals surface area (Å²) in [5, 5.41) is 0. The van der Waals surface area contributed by atoms with Gasteiger partial charge in [0.2, 0.25) is 0 Å². The normalized spacial score (nSPS) is 21.9. The number of halogens is 1. The van der Waals surface area contributed by atoms with Gasteiger partial charge >= 0.3 is 0 Å². The van der Waals surface area contributed by atoms with Crippen LogP contribution in [0.5, 0.6) is 5.75 Å². The molecular weight excluding hydrogens is 268 g/mol. The van der Waals surface area contributed by atoms with Crippen LogP contribution in [0, 0.1) is 24.7 Å². The average molecular weight is 291 g/mol. The van der Waals surface area contributed by atoms with E-state index in [-0.39, 0.29) is 0 Å². The zero-order chi connectivity index (χ0) is 14.4. The first-order valence-corrected chi connectivity index (χ1v) is 8.04. The van der Waals surface area contributed by atoms with Crippen molar-refractivity contribution < 1.29 is 4.74 Å². The van der Waals surface area contributed by atoms with E-state index in [0.29, 0.717) is 12.0 Å². The summed E-state index contributed by atoms with van der Waals surface area (Å²) >= 11 is 5.68. The lowest BCUT2D eigenvalue weighted by Gasteiger charge is -2.27. The van der Waals surface area contributed by atoms with Gasteiger partial charge in [-0.25, -0.2) is 0 Å². The first-order valence-electron chi connectivity index (χ1n) is 7.51. The molecule has 0 spiro atoms. The summed E-state index contributed by atoms with van der Waals surface area (Å²) in [6.45, 7) is 4.39. The van der Waals surface area contributed by atoms with Gasteiger partial charge in [0, 0.05) is 12.3 Å². The molecule has 0 radical (unpaired) electrons. The molecule has 0 aromatic heterocycles. The number of rotatable bonds is 3. The summed E-state index contributed by atoms with van der Waals surface area (Å²) in [6, 6.07) is 6.25. The fraction of sp³-hybridized carbons (Fsp3) is 0.556. The fourth-order valence-electron chi connectivity index (χ4n) is 2.71. The van der Waals surface area contributed by atoms with E-state index in [1.54, 1.807) is 0 Å². The third-order valence-electron chi connectivity index (χ3n) is 3.76. The Balaban J connectivity index is 2.12. The Morgan fingerprint density at radius 2 is 2.20 bits per heavy atom. The Kier molecular flexibility index (Phi) is 5.80.